The Morgan fingerprint density at radius 3 is 2.25 bits per heavy atom. The summed E-state index contributed by atoms with van der Waals surface area (Å²) >= 11 is 0. The molecule has 91 heavy (non-hydrogen) atoms. The number of anilines is 1. The van der Waals surface area contributed by atoms with E-state index < -0.39 is 84.5 Å². The van der Waals surface area contributed by atoms with Gasteiger partial charge in [0.1, 0.15) is 24.5 Å². The van der Waals surface area contributed by atoms with Gasteiger partial charge < -0.3 is 66.6 Å². The second-order valence-electron chi connectivity index (χ2n) is 23.8. The summed E-state index contributed by atoms with van der Waals surface area (Å²) in [7, 11) is 4.68. The van der Waals surface area contributed by atoms with E-state index in [9.17, 15) is 52.7 Å². The summed E-state index contributed by atoms with van der Waals surface area (Å²) in [6, 6.07) is 12.3. The number of piperidine rings is 1. The molecule has 10 atom stereocenters. The fraction of sp³-hybridized carbons (Fsp3) is 0.562. The normalized spacial score (nSPS) is 19.4. The Hall–Kier alpha value is -8.72. The van der Waals surface area contributed by atoms with Crippen molar-refractivity contribution in [1.29, 1.82) is 0 Å². The Kier molecular flexibility index (Phi) is 26.0. The third-order valence-electron chi connectivity index (χ3n) is 17.7. The van der Waals surface area contributed by atoms with Crippen LogP contribution in [0.1, 0.15) is 116 Å². The molecule has 3 aromatic rings. The van der Waals surface area contributed by atoms with Gasteiger partial charge in [0.05, 0.1) is 62.0 Å². The maximum absolute atomic E-state index is 14.4. The summed E-state index contributed by atoms with van der Waals surface area (Å²) in [6.07, 6.45) is 8.13. The van der Waals surface area contributed by atoms with Crippen molar-refractivity contribution in [3.05, 3.63) is 84.3 Å². The number of ether oxygens (including phenoxy) is 3. The minimum absolute atomic E-state index is 0.0542. The van der Waals surface area contributed by atoms with Gasteiger partial charge in [-0.2, -0.15) is 0 Å². The van der Waals surface area contributed by atoms with Gasteiger partial charge in [0, 0.05) is 83.0 Å². The maximum atomic E-state index is 14.4. The number of primary amides is 1. The van der Waals surface area contributed by atoms with Crippen LogP contribution in [0.2, 0.25) is 0 Å². The first-order valence-corrected chi connectivity index (χ1v) is 31.4. The minimum atomic E-state index is -1.07. The fourth-order valence-electron chi connectivity index (χ4n) is 12.7. The van der Waals surface area contributed by atoms with E-state index in [2.05, 4.69) is 41.9 Å². The number of H-pyrrole nitrogens is 1. The zero-order chi connectivity index (χ0) is 65.7. The van der Waals surface area contributed by atoms with Gasteiger partial charge in [-0.15, -0.1) is 0 Å². The zero-order valence-electron chi connectivity index (χ0n) is 52.9. The summed E-state index contributed by atoms with van der Waals surface area (Å²) in [5, 5.41) is 16.1. The molecule has 2 bridgehead atoms. The number of fused-ring (bicyclic) bond motifs is 2. The van der Waals surface area contributed by atoms with Gasteiger partial charge in [-0.1, -0.05) is 76.1 Å². The molecule has 0 radical (unpaired) electrons. The summed E-state index contributed by atoms with van der Waals surface area (Å²) in [4.78, 5) is 157. The van der Waals surface area contributed by atoms with Crippen LogP contribution in [0.15, 0.2) is 72.9 Å². The lowest BCUT2D eigenvalue weighted by Gasteiger charge is -2.39. The third-order valence-corrected chi connectivity index (χ3v) is 17.7. The van der Waals surface area contributed by atoms with Crippen LogP contribution in [0.3, 0.4) is 0 Å². The second kappa shape index (κ2) is 33.9. The first kappa shape index (κ1) is 69.7. The van der Waals surface area contributed by atoms with Crippen LogP contribution < -0.4 is 37.6 Å². The smallest absolute Gasteiger partial charge is 0.411 e. The molecule has 27 nitrogen and oxygen atoms in total. The van der Waals surface area contributed by atoms with Crippen LogP contribution >= 0.6 is 0 Å². The quantitative estimate of drug-likeness (QED) is 0.0314. The van der Waals surface area contributed by atoms with Crippen molar-refractivity contribution >= 4 is 71.0 Å². The number of hydrogen-bond acceptors (Lipinski definition) is 15. The number of amides is 12. The van der Waals surface area contributed by atoms with Gasteiger partial charge in [0.25, 0.3) is 11.8 Å². The average Bonchev–Trinajstić information content (AvgIpc) is 1.64. The number of unbranched alkanes of at least 4 members (excludes halogenated alkanes) is 2. The van der Waals surface area contributed by atoms with Crippen LogP contribution in [0.4, 0.5) is 15.3 Å². The van der Waals surface area contributed by atoms with Crippen LogP contribution in [0, 0.1) is 17.8 Å². The Morgan fingerprint density at radius 1 is 0.824 bits per heavy atom. The number of nitrogens with two attached hydrogens (primary N) is 1. The topological polar surface area (TPSA) is 355 Å². The number of imidazole rings is 1. The van der Waals surface area contributed by atoms with Crippen molar-refractivity contribution in [2.24, 2.45) is 23.5 Å². The molecule has 1 saturated carbocycles. The number of benzene rings is 2. The molecule has 0 spiro atoms. The summed E-state index contributed by atoms with van der Waals surface area (Å²) in [5.41, 5.74) is 7.83. The van der Waals surface area contributed by atoms with Gasteiger partial charge in [-0.25, -0.2) is 14.6 Å². The molecule has 7 rings (SSSR count). The number of nitrogens with one attached hydrogen (secondary N) is 7. The van der Waals surface area contributed by atoms with E-state index in [0.29, 0.717) is 81.4 Å². The molecule has 4 aliphatic rings. The number of aromatic nitrogens is 2. The van der Waals surface area contributed by atoms with Crippen molar-refractivity contribution < 1.29 is 67.0 Å². The molecule has 3 fully saturated rings. The van der Waals surface area contributed by atoms with E-state index in [0.717, 1.165) is 16.2 Å². The van der Waals surface area contributed by atoms with Crippen molar-refractivity contribution in [1.82, 2.24) is 56.2 Å². The largest absolute Gasteiger partial charge is 0.445 e. The number of urea groups is 1. The highest BCUT2D eigenvalue weighted by atomic mass is 16.6. The maximum Gasteiger partial charge on any atom is 0.411 e. The molecule has 0 unspecified atom stereocenters. The summed E-state index contributed by atoms with van der Waals surface area (Å²) in [6.45, 7) is 5.81. The number of carbonyl (C=O) groups is 11. The number of likely N-dealkylation sites (N-methyl/N-ethyl adjacent to an activating group) is 1. The number of aromatic amines is 1. The first-order chi connectivity index (χ1) is 43.7. The summed E-state index contributed by atoms with van der Waals surface area (Å²) < 4.78 is 17.8. The molecule has 1 aromatic heterocycles. The van der Waals surface area contributed by atoms with Crippen LogP contribution in [-0.4, -0.2) is 191 Å². The highest BCUT2D eigenvalue weighted by molar-refractivity contribution is 6.12. The van der Waals surface area contributed by atoms with E-state index in [1.807, 2.05) is 44.2 Å². The van der Waals surface area contributed by atoms with Crippen LogP contribution in [0.5, 0.6) is 0 Å². The average molecular weight is 1260 g/mol. The number of methoxy groups -OCH3 is 2. The van der Waals surface area contributed by atoms with E-state index in [-0.39, 0.29) is 106 Å². The molecule has 2 saturated heterocycles. The predicted molar refractivity (Wildman–Crippen MR) is 333 cm³/mol. The van der Waals surface area contributed by atoms with Gasteiger partial charge in [-0.05, 0) is 87.3 Å². The van der Waals surface area contributed by atoms with Crippen molar-refractivity contribution in [3.63, 3.8) is 0 Å². The molecule has 4 heterocycles. The molecule has 9 N–H and O–H groups in total. The molecule has 2 aromatic carbocycles. The molecule has 12 amide bonds. The summed E-state index contributed by atoms with van der Waals surface area (Å²) in [5.74, 6) is -3.99. The predicted octanol–water partition coefficient (Wildman–Crippen LogP) is 3.39. The van der Waals surface area contributed by atoms with Crippen molar-refractivity contribution in [2.75, 3.05) is 59.3 Å². The Balaban J connectivity index is 0.868. The van der Waals surface area contributed by atoms with Crippen molar-refractivity contribution in [2.45, 2.75) is 160 Å². The van der Waals surface area contributed by atoms with E-state index in [4.69, 9.17) is 19.9 Å². The minimum Gasteiger partial charge on any atom is -0.445 e. The second-order valence-corrected chi connectivity index (χ2v) is 23.8. The Labute approximate surface area is 530 Å². The van der Waals surface area contributed by atoms with E-state index in [1.54, 1.807) is 56.4 Å². The highest BCUT2D eigenvalue weighted by Crippen LogP contribution is 2.43. The SMILES string of the molecule is CC[C@H](C)[C@@H]([C@@H](CC(=O)N1CCC[C@H]1[C@H](OC)[C@@H](C)C(=O)NCc1nc(-c2ccccc2)c[nH]1)OC)N(C)C(=O)CNC(=O)[C@@H]1[C@H]2CC[C@H](C2)N1C(=O)OCc1ccc(NC(=O)[C@H](CCCNC(N)=O)NC(=O)CNC(=O)CCCCCN2C(=O)C=CC2=O)cc1. The lowest BCUT2D eigenvalue weighted by Crippen LogP contribution is -2.56. The molecule has 3 aliphatic heterocycles. The molecule has 494 valence electrons. The first-order valence-electron chi connectivity index (χ1n) is 31.4. The van der Waals surface area contributed by atoms with Gasteiger partial charge in [0.15, 0.2) is 0 Å². The fourth-order valence-corrected chi connectivity index (χ4v) is 12.7. The number of rotatable bonds is 34. The standard InChI is InChI=1S/C64H89N13O14/c1-7-39(2)57(49(89-5)33-55(82)75-31-15-19-48(75)59(90-6)40(3)60(84)69-35-50-67-34-47(72-50)42-16-10-8-11-17-42)74(4)56(83)37-70-62(86)58-43-23-26-45(32-43)77(58)64(88)91-38-41-21-24-44(25-22-41)71-61(85)46(18-14-29-66-63(65)87)73-52(79)36-68-51(78)20-12-9-13-30-76-53(80)27-28-54(76)81/h8,10-11,16-17,21-22,24-25,27-28,34,39-40,43,45-46,48-49,57-59H,7,9,12-15,18-20,23,26,29-33,35-38H2,1-6H3,(H,67,72)(H,68,78)(H,69,84)(H,70,86)(H,71,85)(H,73,79)(H3,65,66,87)/t39-,40+,43-,45+,46-,48-,49+,57-,58-,59+/m0/s1. The van der Waals surface area contributed by atoms with Crippen molar-refractivity contribution in [3.8, 4) is 11.3 Å². The number of hydrogen-bond donors (Lipinski definition) is 8. The lowest BCUT2D eigenvalue weighted by atomic mass is 9.90. The molecular formula is C64H89N13O14. The molecule has 1 aliphatic carbocycles. The highest BCUT2D eigenvalue weighted by Gasteiger charge is 2.52. The number of likely N-dealkylation sites (tertiary alicyclic amines) is 2. The molecular weight excluding hydrogens is 1170 g/mol. The molecule has 27 heteroatoms. The number of imide groups is 1. The van der Waals surface area contributed by atoms with E-state index in [1.165, 1.54) is 29.1 Å². The monoisotopic (exact) mass is 1260 g/mol. The lowest BCUT2D eigenvalue weighted by molar-refractivity contribution is -0.146. The van der Waals surface area contributed by atoms with Gasteiger partial charge in [-0.3, -0.25) is 53.0 Å². The van der Waals surface area contributed by atoms with E-state index >= 15 is 0 Å². The third kappa shape index (κ3) is 19.2. The number of carbonyl (C=O) groups excluding carboxylic acids is 11. The Bertz CT molecular complexity index is 3050. The van der Waals surface area contributed by atoms with Crippen LogP contribution in [0.25, 0.3) is 11.3 Å². The van der Waals surface area contributed by atoms with Crippen LogP contribution in [-0.2, 0) is 70.5 Å². The Morgan fingerprint density at radius 2 is 1.56 bits per heavy atom. The van der Waals surface area contributed by atoms with Gasteiger partial charge in [0.2, 0.25) is 41.4 Å². The number of nitrogens with zero attached hydrogens (tertiary/aromatic N) is 5. The zero-order valence-corrected chi connectivity index (χ0v) is 52.9. The van der Waals surface area contributed by atoms with Gasteiger partial charge >= 0.3 is 12.1 Å².